The van der Waals surface area contributed by atoms with E-state index in [1.54, 1.807) is 30.3 Å². The predicted octanol–water partition coefficient (Wildman–Crippen LogP) is 5.33. The zero-order valence-electron chi connectivity index (χ0n) is 15.8. The van der Waals surface area contributed by atoms with E-state index in [0.29, 0.717) is 22.2 Å². The Bertz CT molecular complexity index is 1140. The summed E-state index contributed by atoms with van der Waals surface area (Å²) in [5, 5.41) is 8.51. The number of ether oxygens (including phenoxy) is 2. The Morgan fingerprint density at radius 2 is 1.60 bits per heavy atom. The van der Waals surface area contributed by atoms with Crippen LogP contribution in [0, 0.1) is 0 Å². The maximum Gasteiger partial charge on any atom is 0.342 e. The minimum atomic E-state index is -0.552. The average Bonchev–Trinajstić information content (AvgIpc) is 3.27. The van der Waals surface area contributed by atoms with E-state index in [-0.39, 0.29) is 19.1 Å². The summed E-state index contributed by atoms with van der Waals surface area (Å²) in [6, 6.07) is 23.6. The van der Waals surface area contributed by atoms with E-state index in [1.165, 1.54) is 0 Å². The van der Waals surface area contributed by atoms with Crippen molar-refractivity contribution in [2.45, 2.75) is 13.2 Å². The molecule has 0 aliphatic heterocycles. The van der Waals surface area contributed by atoms with E-state index >= 15 is 0 Å². The zero-order valence-corrected chi connectivity index (χ0v) is 16.6. The van der Waals surface area contributed by atoms with Gasteiger partial charge in [0.1, 0.15) is 17.9 Å². The maximum atomic E-state index is 12.6. The van der Waals surface area contributed by atoms with Crippen LogP contribution in [0.1, 0.15) is 21.8 Å². The molecule has 0 radical (unpaired) electrons. The monoisotopic (exact) mass is 420 g/mol. The van der Waals surface area contributed by atoms with Gasteiger partial charge in [-0.25, -0.2) is 4.79 Å². The van der Waals surface area contributed by atoms with Crippen LogP contribution in [0.15, 0.2) is 83.3 Å². The number of hydrogen-bond donors (Lipinski definition) is 0. The smallest absolute Gasteiger partial charge is 0.342 e. The SMILES string of the molecule is O=C(OCc1nnc(-c2ccccc2)o1)c1ccccc1OCc1ccccc1Cl. The van der Waals surface area contributed by atoms with Gasteiger partial charge in [0.25, 0.3) is 5.89 Å². The van der Waals surface area contributed by atoms with Gasteiger partial charge in [0.05, 0.1) is 0 Å². The van der Waals surface area contributed by atoms with Gasteiger partial charge in [-0.05, 0) is 30.3 Å². The second-order valence-corrected chi connectivity index (χ2v) is 6.73. The number of para-hydroxylation sites is 1. The standard InChI is InChI=1S/C23H17ClN2O4/c24-19-12-6-4-10-17(19)14-28-20-13-7-5-11-18(20)23(27)29-15-21-25-26-22(30-21)16-8-2-1-3-9-16/h1-13H,14-15H2. The Balaban J connectivity index is 1.40. The van der Waals surface area contributed by atoms with Crippen molar-refractivity contribution in [1.29, 1.82) is 0 Å². The van der Waals surface area contributed by atoms with Crippen LogP contribution in [0.5, 0.6) is 5.75 Å². The lowest BCUT2D eigenvalue weighted by atomic mass is 10.2. The number of halogens is 1. The van der Waals surface area contributed by atoms with Crippen molar-refractivity contribution in [3.8, 4) is 17.2 Å². The molecule has 0 aliphatic carbocycles. The predicted molar refractivity (Wildman–Crippen MR) is 111 cm³/mol. The van der Waals surface area contributed by atoms with Crippen LogP contribution >= 0.6 is 11.6 Å². The molecule has 7 heteroatoms. The average molecular weight is 421 g/mol. The van der Waals surface area contributed by atoms with Crippen LogP contribution in [0.4, 0.5) is 0 Å². The van der Waals surface area contributed by atoms with E-state index < -0.39 is 5.97 Å². The van der Waals surface area contributed by atoms with Crippen LogP contribution in [-0.4, -0.2) is 16.2 Å². The topological polar surface area (TPSA) is 74.5 Å². The molecule has 4 aromatic rings. The van der Waals surface area contributed by atoms with Gasteiger partial charge < -0.3 is 13.9 Å². The summed E-state index contributed by atoms with van der Waals surface area (Å²) in [5.41, 5.74) is 1.91. The van der Waals surface area contributed by atoms with Crippen LogP contribution in [0.3, 0.4) is 0 Å². The normalized spacial score (nSPS) is 10.6. The Labute approximate surface area is 178 Å². The molecular formula is C23H17ClN2O4. The van der Waals surface area contributed by atoms with Gasteiger partial charge in [-0.15, -0.1) is 10.2 Å². The lowest BCUT2D eigenvalue weighted by Gasteiger charge is -2.11. The van der Waals surface area contributed by atoms with E-state index in [9.17, 15) is 4.79 Å². The minimum absolute atomic E-state index is 0.141. The fraction of sp³-hybridized carbons (Fsp3) is 0.0870. The van der Waals surface area contributed by atoms with Crippen molar-refractivity contribution in [1.82, 2.24) is 10.2 Å². The van der Waals surface area contributed by atoms with Crippen molar-refractivity contribution in [3.05, 3.63) is 101 Å². The Hall–Kier alpha value is -3.64. The molecule has 0 fully saturated rings. The molecule has 0 aliphatic rings. The molecule has 0 saturated heterocycles. The molecule has 1 heterocycles. The fourth-order valence-corrected chi connectivity index (χ4v) is 2.94. The van der Waals surface area contributed by atoms with Gasteiger partial charge in [0.15, 0.2) is 6.61 Å². The first-order valence-corrected chi connectivity index (χ1v) is 9.58. The van der Waals surface area contributed by atoms with Crippen molar-refractivity contribution < 1.29 is 18.7 Å². The Morgan fingerprint density at radius 3 is 2.43 bits per heavy atom. The quantitative estimate of drug-likeness (QED) is 0.376. The number of aromatic nitrogens is 2. The van der Waals surface area contributed by atoms with Gasteiger partial charge in [0.2, 0.25) is 5.89 Å². The van der Waals surface area contributed by atoms with Gasteiger partial charge in [-0.1, -0.05) is 60.1 Å². The summed E-state index contributed by atoms with van der Waals surface area (Å²) in [4.78, 5) is 12.6. The van der Waals surface area contributed by atoms with E-state index in [4.69, 9.17) is 25.5 Å². The molecule has 4 rings (SSSR count). The summed E-state index contributed by atoms with van der Waals surface area (Å²) in [5.74, 6) is 0.420. The highest BCUT2D eigenvalue weighted by Gasteiger charge is 2.16. The molecule has 0 amide bonds. The second-order valence-electron chi connectivity index (χ2n) is 6.32. The van der Waals surface area contributed by atoms with E-state index in [0.717, 1.165) is 11.1 Å². The van der Waals surface area contributed by atoms with Crippen LogP contribution < -0.4 is 4.74 Å². The van der Waals surface area contributed by atoms with Gasteiger partial charge in [-0.3, -0.25) is 0 Å². The van der Waals surface area contributed by atoms with Gasteiger partial charge >= 0.3 is 5.97 Å². The van der Waals surface area contributed by atoms with Crippen molar-refractivity contribution in [2.24, 2.45) is 0 Å². The Morgan fingerprint density at radius 1 is 0.867 bits per heavy atom. The van der Waals surface area contributed by atoms with E-state index in [2.05, 4.69) is 10.2 Å². The molecule has 0 atom stereocenters. The number of esters is 1. The lowest BCUT2D eigenvalue weighted by Crippen LogP contribution is -2.08. The third-order valence-corrected chi connectivity index (χ3v) is 4.63. The van der Waals surface area contributed by atoms with E-state index in [1.807, 2.05) is 48.5 Å². The highest BCUT2D eigenvalue weighted by Crippen LogP contribution is 2.23. The van der Waals surface area contributed by atoms with Crippen LogP contribution in [-0.2, 0) is 18.0 Å². The lowest BCUT2D eigenvalue weighted by molar-refractivity contribution is 0.0433. The Kier molecular flexibility index (Phi) is 6.06. The first-order valence-electron chi connectivity index (χ1n) is 9.21. The molecule has 30 heavy (non-hydrogen) atoms. The summed E-state index contributed by atoms with van der Waals surface area (Å²) in [6.07, 6.45) is 0. The largest absolute Gasteiger partial charge is 0.488 e. The third kappa shape index (κ3) is 4.67. The molecule has 0 unspecified atom stereocenters. The summed E-state index contributed by atoms with van der Waals surface area (Å²) in [7, 11) is 0. The van der Waals surface area contributed by atoms with Crippen molar-refractivity contribution in [2.75, 3.05) is 0 Å². The highest BCUT2D eigenvalue weighted by atomic mass is 35.5. The first kappa shape index (κ1) is 19.7. The first-order chi connectivity index (χ1) is 14.7. The summed E-state index contributed by atoms with van der Waals surface area (Å²) in [6.45, 7) is 0.0889. The molecule has 0 spiro atoms. The number of hydrogen-bond acceptors (Lipinski definition) is 6. The fourth-order valence-electron chi connectivity index (χ4n) is 2.75. The molecule has 150 valence electrons. The molecular weight excluding hydrogens is 404 g/mol. The maximum absolute atomic E-state index is 12.6. The summed E-state index contributed by atoms with van der Waals surface area (Å²) < 4.78 is 16.7. The summed E-state index contributed by atoms with van der Waals surface area (Å²) >= 11 is 6.16. The molecule has 0 N–H and O–H groups in total. The number of carbonyl (C=O) groups excluding carboxylic acids is 1. The minimum Gasteiger partial charge on any atom is -0.488 e. The molecule has 1 aromatic heterocycles. The molecule has 0 bridgehead atoms. The van der Waals surface area contributed by atoms with Crippen LogP contribution in [0.25, 0.3) is 11.5 Å². The molecule has 0 saturated carbocycles. The zero-order chi connectivity index (χ0) is 20.8. The van der Waals surface area contributed by atoms with Gasteiger partial charge in [0, 0.05) is 16.1 Å². The molecule has 6 nitrogen and oxygen atoms in total. The van der Waals surface area contributed by atoms with Gasteiger partial charge in [-0.2, -0.15) is 0 Å². The van der Waals surface area contributed by atoms with Crippen LogP contribution in [0.2, 0.25) is 5.02 Å². The van der Waals surface area contributed by atoms with Crippen molar-refractivity contribution >= 4 is 17.6 Å². The third-order valence-electron chi connectivity index (χ3n) is 4.26. The number of carbonyl (C=O) groups is 1. The van der Waals surface area contributed by atoms with Crippen molar-refractivity contribution in [3.63, 3.8) is 0 Å². The number of benzene rings is 3. The number of rotatable bonds is 7. The second kappa shape index (κ2) is 9.24. The highest BCUT2D eigenvalue weighted by molar-refractivity contribution is 6.31. The number of nitrogens with zero attached hydrogens (tertiary/aromatic N) is 2. The molecule has 3 aromatic carbocycles.